The van der Waals surface area contributed by atoms with Gasteiger partial charge in [-0.05, 0) is 37.1 Å². The number of hydrogen-bond donors (Lipinski definition) is 0. The number of ether oxygens (including phenoxy) is 2. The number of nitrogens with zero attached hydrogens (tertiary/aromatic N) is 2. The molecule has 1 aliphatic carbocycles. The first-order valence-electron chi connectivity index (χ1n) is 7.96. The zero-order valence-electron chi connectivity index (χ0n) is 12.7. The molecular formula is C17H19FN2O3. The van der Waals surface area contributed by atoms with E-state index < -0.39 is 5.82 Å². The molecule has 2 aromatic heterocycles. The van der Waals surface area contributed by atoms with Crippen molar-refractivity contribution in [3.63, 3.8) is 0 Å². The van der Waals surface area contributed by atoms with E-state index in [1.165, 1.54) is 6.07 Å². The molecule has 2 aromatic rings. The van der Waals surface area contributed by atoms with Crippen LogP contribution in [0.3, 0.4) is 0 Å². The van der Waals surface area contributed by atoms with Crippen LogP contribution < -0.4 is 4.74 Å². The van der Waals surface area contributed by atoms with Crippen molar-refractivity contribution >= 4 is 0 Å². The third kappa shape index (κ3) is 2.96. The highest BCUT2D eigenvalue weighted by Crippen LogP contribution is 2.33. The zero-order valence-corrected chi connectivity index (χ0v) is 12.7. The van der Waals surface area contributed by atoms with Gasteiger partial charge in [0.1, 0.15) is 11.9 Å². The fourth-order valence-electron chi connectivity index (χ4n) is 3.51. The van der Waals surface area contributed by atoms with Gasteiger partial charge in [-0.1, -0.05) is 0 Å². The van der Waals surface area contributed by atoms with Crippen LogP contribution in [0.5, 0.6) is 5.88 Å². The summed E-state index contributed by atoms with van der Waals surface area (Å²) in [5.41, 5.74) is 0. The van der Waals surface area contributed by atoms with Gasteiger partial charge < -0.3 is 13.9 Å². The first kappa shape index (κ1) is 14.7. The predicted octanol–water partition coefficient (Wildman–Crippen LogP) is 2.62. The van der Waals surface area contributed by atoms with Crippen LogP contribution in [0, 0.1) is 5.82 Å². The SMILES string of the molecule is Fc1cccnc1O[C@@H]1[C@H]2CC[C@H]1OCCN2Cc1ccco1. The number of aromatic nitrogens is 1. The first-order chi connectivity index (χ1) is 11.3. The zero-order chi connectivity index (χ0) is 15.6. The Balaban J connectivity index is 1.55. The summed E-state index contributed by atoms with van der Waals surface area (Å²) >= 11 is 0. The van der Waals surface area contributed by atoms with E-state index in [1.807, 2.05) is 12.1 Å². The van der Waals surface area contributed by atoms with Gasteiger partial charge in [-0.25, -0.2) is 9.37 Å². The number of fused-ring (bicyclic) bond motifs is 2. The van der Waals surface area contributed by atoms with Gasteiger partial charge >= 0.3 is 0 Å². The lowest BCUT2D eigenvalue weighted by molar-refractivity contribution is 0.0000824. The Hall–Kier alpha value is -1.92. The molecule has 0 unspecified atom stereocenters. The number of pyridine rings is 1. The lowest BCUT2D eigenvalue weighted by Gasteiger charge is -2.30. The van der Waals surface area contributed by atoms with Crippen LogP contribution in [0.4, 0.5) is 4.39 Å². The fourth-order valence-corrected chi connectivity index (χ4v) is 3.51. The van der Waals surface area contributed by atoms with Gasteiger partial charge in [0.25, 0.3) is 5.88 Å². The van der Waals surface area contributed by atoms with Gasteiger partial charge in [0.15, 0.2) is 5.82 Å². The van der Waals surface area contributed by atoms with E-state index in [0.717, 1.165) is 25.1 Å². The molecule has 5 nitrogen and oxygen atoms in total. The maximum absolute atomic E-state index is 13.9. The fraction of sp³-hybridized carbons (Fsp3) is 0.471. The van der Waals surface area contributed by atoms with Crippen LogP contribution in [0.2, 0.25) is 0 Å². The average Bonchev–Trinajstić information content (AvgIpc) is 3.14. The van der Waals surface area contributed by atoms with Gasteiger partial charge in [-0.15, -0.1) is 0 Å². The Labute approximate surface area is 134 Å². The number of halogens is 1. The van der Waals surface area contributed by atoms with Crippen molar-refractivity contribution in [1.29, 1.82) is 0 Å². The van der Waals surface area contributed by atoms with Crippen molar-refractivity contribution in [2.75, 3.05) is 13.2 Å². The molecule has 23 heavy (non-hydrogen) atoms. The third-order valence-electron chi connectivity index (χ3n) is 4.58. The van der Waals surface area contributed by atoms with E-state index in [2.05, 4.69) is 9.88 Å². The van der Waals surface area contributed by atoms with Crippen molar-refractivity contribution in [3.05, 3.63) is 48.3 Å². The molecule has 0 radical (unpaired) electrons. The predicted molar refractivity (Wildman–Crippen MR) is 80.5 cm³/mol. The highest BCUT2D eigenvalue weighted by molar-refractivity contribution is 5.15. The molecule has 1 saturated carbocycles. The number of rotatable bonds is 4. The normalized spacial score (nSPS) is 27.8. The molecule has 1 aliphatic heterocycles. The van der Waals surface area contributed by atoms with Crippen molar-refractivity contribution in [3.8, 4) is 5.88 Å². The first-order valence-corrected chi connectivity index (χ1v) is 7.96. The highest BCUT2D eigenvalue weighted by atomic mass is 19.1. The summed E-state index contributed by atoms with van der Waals surface area (Å²) in [7, 11) is 0. The second-order valence-corrected chi connectivity index (χ2v) is 5.98. The number of furan rings is 1. The van der Waals surface area contributed by atoms with Crippen molar-refractivity contribution in [2.24, 2.45) is 0 Å². The van der Waals surface area contributed by atoms with Gasteiger partial charge in [0.2, 0.25) is 0 Å². The Morgan fingerprint density at radius 2 is 2.26 bits per heavy atom. The molecule has 3 atom stereocenters. The minimum atomic E-state index is -0.436. The smallest absolute Gasteiger partial charge is 0.250 e. The van der Waals surface area contributed by atoms with Crippen LogP contribution in [0.25, 0.3) is 0 Å². The molecule has 2 bridgehead atoms. The summed E-state index contributed by atoms with van der Waals surface area (Å²) in [6.45, 7) is 2.16. The topological polar surface area (TPSA) is 47.7 Å². The molecule has 4 rings (SSSR count). The van der Waals surface area contributed by atoms with Crippen LogP contribution in [0.1, 0.15) is 18.6 Å². The molecule has 0 spiro atoms. The van der Waals surface area contributed by atoms with E-state index in [1.54, 1.807) is 18.5 Å². The summed E-state index contributed by atoms with van der Waals surface area (Å²) in [5, 5.41) is 0. The largest absolute Gasteiger partial charge is 0.468 e. The van der Waals surface area contributed by atoms with E-state index in [0.29, 0.717) is 13.2 Å². The van der Waals surface area contributed by atoms with Crippen LogP contribution in [-0.4, -0.2) is 41.3 Å². The Kier molecular flexibility index (Phi) is 4.01. The summed E-state index contributed by atoms with van der Waals surface area (Å²) in [6.07, 6.45) is 4.87. The maximum atomic E-state index is 13.9. The van der Waals surface area contributed by atoms with Gasteiger partial charge in [0, 0.05) is 18.8 Å². The summed E-state index contributed by atoms with van der Waals surface area (Å²) < 4.78 is 31.2. The molecule has 1 saturated heterocycles. The molecular weight excluding hydrogens is 299 g/mol. The lowest BCUT2D eigenvalue weighted by atomic mass is 10.1. The molecule has 122 valence electrons. The summed E-state index contributed by atoms with van der Waals surface area (Å²) in [6, 6.07) is 6.95. The minimum Gasteiger partial charge on any atom is -0.468 e. The second-order valence-electron chi connectivity index (χ2n) is 5.98. The van der Waals surface area contributed by atoms with E-state index in [4.69, 9.17) is 13.9 Å². The number of hydrogen-bond acceptors (Lipinski definition) is 5. The molecule has 0 aromatic carbocycles. The molecule has 0 amide bonds. The van der Waals surface area contributed by atoms with Crippen LogP contribution in [0.15, 0.2) is 41.1 Å². The standard InChI is InChI=1S/C17H19FN2O3/c18-13-4-1-7-19-17(13)23-16-14-5-6-15(16)22-10-8-20(14)11-12-3-2-9-21-12/h1-4,7,9,14-16H,5-6,8,10-11H2/t14-,15-,16-/m1/s1. The van der Waals surface area contributed by atoms with Crippen molar-refractivity contribution < 1.29 is 18.3 Å². The monoisotopic (exact) mass is 318 g/mol. The Morgan fingerprint density at radius 1 is 1.30 bits per heavy atom. The average molecular weight is 318 g/mol. The van der Waals surface area contributed by atoms with Crippen LogP contribution in [-0.2, 0) is 11.3 Å². The van der Waals surface area contributed by atoms with Crippen molar-refractivity contribution in [2.45, 2.75) is 37.6 Å². The van der Waals surface area contributed by atoms with Gasteiger partial charge in [0.05, 0.1) is 25.5 Å². The molecule has 2 fully saturated rings. The maximum Gasteiger partial charge on any atom is 0.250 e. The molecule has 2 aliphatic rings. The Morgan fingerprint density at radius 3 is 3.09 bits per heavy atom. The summed E-state index contributed by atoms with van der Waals surface area (Å²) in [5.74, 6) is 0.532. The molecule has 0 N–H and O–H groups in total. The second kappa shape index (κ2) is 6.29. The lowest BCUT2D eigenvalue weighted by Crippen LogP contribution is -2.44. The van der Waals surface area contributed by atoms with E-state index in [9.17, 15) is 4.39 Å². The van der Waals surface area contributed by atoms with Gasteiger partial charge in [-0.3, -0.25) is 4.90 Å². The minimum absolute atomic E-state index is 0.0111. The van der Waals surface area contributed by atoms with Crippen LogP contribution >= 0.6 is 0 Å². The summed E-state index contributed by atoms with van der Waals surface area (Å²) in [4.78, 5) is 6.31. The molecule has 3 heterocycles. The van der Waals surface area contributed by atoms with Crippen molar-refractivity contribution in [1.82, 2.24) is 9.88 Å². The Bertz CT molecular complexity index is 649. The highest BCUT2D eigenvalue weighted by Gasteiger charge is 2.44. The molecule has 6 heteroatoms. The van der Waals surface area contributed by atoms with Gasteiger partial charge in [-0.2, -0.15) is 0 Å². The third-order valence-corrected chi connectivity index (χ3v) is 4.58. The van der Waals surface area contributed by atoms with E-state index >= 15 is 0 Å². The quantitative estimate of drug-likeness (QED) is 0.867. The van der Waals surface area contributed by atoms with E-state index in [-0.39, 0.29) is 24.1 Å².